The third kappa shape index (κ3) is 4.44. The topological polar surface area (TPSA) is 88.2 Å². The number of carbonyl (C=O) groups is 1. The monoisotopic (exact) mass is 431 g/mol. The lowest BCUT2D eigenvalue weighted by Crippen LogP contribution is -2.51. The molecule has 30 heavy (non-hydrogen) atoms. The van der Waals surface area contributed by atoms with Gasteiger partial charge in [-0.1, -0.05) is 17.7 Å². The molecule has 3 aromatic rings. The zero-order valence-electron chi connectivity index (χ0n) is 17.1. The fraction of sp³-hybridized carbons (Fsp3) is 0.286. The van der Waals surface area contributed by atoms with E-state index in [4.69, 9.17) is 16.3 Å². The van der Waals surface area contributed by atoms with Crippen LogP contribution in [-0.4, -0.2) is 35.6 Å². The van der Waals surface area contributed by atoms with E-state index >= 15 is 0 Å². The number of ether oxygens (including phenoxy) is 1. The SMILES string of the molecule is CNC(=O)C(C)(C)NCc1cc2c(Nc3cccc(Cl)c3F)ncnc2cc1OC. The molecule has 0 aliphatic rings. The van der Waals surface area contributed by atoms with Gasteiger partial charge in [0.15, 0.2) is 5.82 Å². The molecule has 1 aromatic heterocycles. The molecule has 0 aliphatic heterocycles. The van der Waals surface area contributed by atoms with Gasteiger partial charge < -0.3 is 15.4 Å². The lowest BCUT2D eigenvalue weighted by molar-refractivity contribution is -0.126. The average molecular weight is 432 g/mol. The van der Waals surface area contributed by atoms with Crippen molar-refractivity contribution in [2.75, 3.05) is 19.5 Å². The van der Waals surface area contributed by atoms with Crippen LogP contribution in [0.1, 0.15) is 19.4 Å². The molecule has 0 radical (unpaired) electrons. The normalized spacial score (nSPS) is 11.4. The van der Waals surface area contributed by atoms with Gasteiger partial charge >= 0.3 is 0 Å². The van der Waals surface area contributed by atoms with Gasteiger partial charge in [0, 0.05) is 30.6 Å². The van der Waals surface area contributed by atoms with Crippen molar-refractivity contribution in [3.63, 3.8) is 0 Å². The Morgan fingerprint density at radius 3 is 2.73 bits per heavy atom. The third-order valence-electron chi connectivity index (χ3n) is 4.76. The van der Waals surface area contributed by atoms with Crippen molar-refractivity contribution in [3.8, 4) is 5.75 Å². The van der Waals surface area contributed by atoms with Gasteiger partial charge in [-0.3, -0.25) is 10.1 Å². The van der Waals surface area contributed by atoms with Crippen molar-refractivity contribution in [2.45, 2.75) is 25.9 Å². The van der Waals surface area contributed by atoms with Gasteiger partial charge in [-0.05, 0) is 32.0 Å². The second kappa shape index (κ2) is 8.81. The molecule has 0 bridgehead atoms. The van der Waals surface area contributed by atoms with Crippen LogP contribution in [0.15, 0.2) is 36.7 Å². The van der Waals surface area contributed by atoms with Gasteiger partial charge in [0.2, 0.25) is 5.91 Å². The highest BCUT2D eigenvalue weighted by Gasteiger charge is 2.26. The molecule has 0 unspecified atom stereocenters. The number of benzene rings is 2. The molecule has 158 valence electrons. The van der Waals surface area contributed by atoms with Crippen molar-refractivity contribution in [1.82, 2.24) is 20.6 Å². The van der Waals surface area contributed by atoms with Crippen LogP contribution in [0, 0.1) is 5.82 Å². The molecule has 0 spiro atoms. The molecular weight excluding hydrogens is 409 g/mol. The number of carbonyl (C=O) groups excluding carboxylic acids is 1. The van der Waals surface area contributed by atoms with Crippen LogP contribution in [0.2, 0.25) is 5.02 Å². The van der Waals surface area contributed by atoms with E-state index in [1.807, 2.05) is 6.07 Å². The van der Waals surface area contributed by atoms with Crippen molar-refractivity contribution < 1.29 is 13.9 Å². The Balaban J connectivity index is 1.99. The smallest absolute Gasteiger partial charge is 0.239 e. The first-order valence-electron chi connectivity index (χ1n) is 9.26. The Morgan fingerprint density at radius 2 is 2.03 bits per heavy atom. The molecule has 0 atom stereocenters. The number of methoxy groups -OCH3 is 1. The first kappa shape index (κ1) is 21.7. The fourth-order valence-electron chi connectivity index (χ4n) is 2.99. The van der Waals surface area contributed by atoms with Crippen molar-refractivity contribution in [3.05, 3.63) is 53.1 Å². The van der Waals surface area contributed by atoms with Crippen molar-refractivity contribution >= 4 is 39.9 Å². The molecule has 7 nitrogen and oxygen atoms in total. The summed E-state index contributed by atoms with van der Waals surface area (Å²) in [5.41, 5.74) is 0.846. The van der Waals surface area contributed by atoms with Crippen LogP contribution in [0.4, 0.5) is 15.9 Å². The lowest BCUT2D eigenvalue weighted by atomic mass is 10.0. The minimum Gasteiger partial charge on any atom is -0.496 e. The summed E-state index contributed by atoms with van der Waals surface area (Å²) in [6, 6.07) is 8.33. The predicted octanol–water partition coefficient (Wildman–Crippen LogP) is 3.79. The first-order valence-corrected chi connectivity index (χ1v) is 9.64. The van der Waals surface area contributed by atoms with Crippen molar-refractivity contribution in [1.29, 1.82) is 0 Å². The van der Waals surface area contributed by atoms with E-state index in [1.54, 1.807) is 46.2 Å². The summed E-state index contributed by atoms with van der Waals surface area (Å²) in [5.74, 6) is 0.343. The first-order chi connectivity index (χ1) is 14.3. The Bertz CT molecular complexity index is 1090. The number of hydrogen-bond acceptors (Lipinski definition) is 6. The average Bonchev–Trinajstić information content (AvgIpc) is 2.74. The van der Waals surface area contributed by atoms with Crippen LogP contribution in [-0.2, 0) is 11.3 Å². The van der Waals surface area contributed by atoms with E-state index in [-0.39, 0.29) is 16.6 Å². The summed E-state index contributed by atoms with van der Waals surface area (Å²) in [6.07, 6.45) is 1.39. The van der Waals surface area contributed by atoms with Crippen LogP contribution < -0.4 is 20.7 Å². The number of amides is 1. The Kier molecular flexibility index (Phi) is 6.38. The molecule has 2 aromatic carbocycles. The largest absolute Gasteiger partial charge is 0.496 e. The molecule has 3 N–H and O–H groups in total. The molecule has 0 saturated carbocycles. The maximum absolute atomic E-state index is 14.3. The Labute approximate surface area is 179 Å². The number of halogens is 2. The van der Waals surface area contributed by atoms with Crippen LogP contribution in [0.3, 0.4) is 0 Å². The van der Waals surface area contributed by atoms with E-state index < -0.39 is 11.4 Å². The summed E-state index contributed by atoms with van der Waals surface area (Å²) in [4.78, 5) is 20.6. The van der Waals surface area contributed by atoms with E-state index in [0.717, 1.165) is 5.56 Å². The maximum atomic E-state index is 14.3. The van der Waals surface area contributed by atoms with Crippen LogP contribution in [0.5, 0.6) is 5.75 Å². The molecule has 3 rings (SSSR count). The molecule has 0 aliphatic carbocycles. The Hall–Kier alpha value is -2.97. The molecule has 9 heteroatoms. The molecule has 1 heterocycles. The van der Waals surface area contributed by atoms with Gasteiger partial charge in [0.05, 0.1) is 28.9 Å². The highest BCUT2D eigenvalue weighted by molar-refractivity contribution is 6.31. The number of nitrogens with one attached hydrogen (secondary N) is 3. The summed E-state index contributed by atoms with van der Waals surface area (Å²) >= 11 is 5.88. The zero-order chi connectivity index (χ0) is 21.9. The molecule has 0 fully saturated rings. The number of nitrogens with zero attached hydrogens (tertiary/aromatic N) is 2. The second-order valence-electron chi connectivity index (χ2n) is 7.19. The zero-order valence-corrected chi connectivity index (χ0v) is 17.9. The van der Waals surface area contributed by atoms with E-state index in [2.05, 4.69) is 25.9 Å². The highest BCUT2D eigenvalue weighted by atomic mass is 35.5. The van der Waals surface area contributed by atoms with Gasteiger partial charge in [-0.25, -0.2) is 14.4 Å². The highest BCUT2D eigenvalue weighted by Crippen LogP contribution is 2.31. The van der Waals surface area contributed by atoms with Crippen molar-refractivity contribution in [2.24, 2.45) is 0 Å². The van der Waals surface area contributed by atoms with Gasteiger partial charge in [0.1, 0.15) is 17.9 Å². The number of hydrogen-bond donors (Lipinski definition) is 3. The predicted molar refractivity (Wildman–Crippen MR) is 116 cm³/mol. The minimum absolute atomic E-state index is 0.0151. The third-order valence-corrected chi connectivity index (χ3v) is 5.05. The quantitative estimate of drug-likeness (QED) is 0.527. The minimum atomic E-state index is -0.785. The van der Waals surface area contributed by atoms with E-state index in [1.165, 1.54) is 12.4 Å². The fourth-order valence-corrected chi connectivity index (χ4v) is 3.17. The number of fused-ring (bicyclic) bond motifs is 1. The van der Waals surface area contributed by atoms with Gasteiger partial charge in [0.25, 0.3) is 0 Å². The number of rotatable bonds is 7. The molecule has 1 amide bonds. The van der Waals surface area contributed by atoms with Gasteiger partial charge in [-0.15, -0.1) is 0 Å². The van der Waals surface area contributed by atoms with Gasteiger partial charge in [-0.2, -0.15) is 0 Å². The standard InChI is InChI=1S/C21H23ClFN5O2/c1-21(2,20(29)24-3)27-10-12-8-13-16(9-17(12)30-4)25-11-26-19(13)28-15-7-5-6-14(22)18(15)23/h5-9,11,27H,10H2,1-4H3,(H,24,29)(H,25,26,28). The summed E-state index contributed by atoms with van der Waals surface area (Å²) in [5, 5.41) is 9.53. The van der Waals surface area contributed by atoms with E-state index in [0.29, 0.717) is 29.0 Å². The summed E-state index contributed by atoms with van der Waals surface area (Å²) < 4.78 is 19.8. The summed E-state index contributed by atoms with van der Waals surface area (Å²) in [7, 11) is 3.16. The van der Waals surface area contributed by atoms with Crippen LogP contribution in [0.25, 0.3) is 10.9 Å². The maximum Gasteiger partial charge on any atom is 0.239 e. The summed E-state index contributed by atoms with van der Waals surface area (Å²) in [6.45, 7) is 3.94. The Morgan fingerprint density at radius 1 is 1.27 bits per heavy atom. The number of anilines is 2. The number of aromatic nitrogens is 2. The molecule has 0 saturated heterocycles. The molecular formula is C21H23ClFN5O2. The lowest BCUT2D eigenvalue weighted by Gasteiger charge is -2.25. The number of likely N-dealkylation sites (N-methyl/N-ethyl adjacent to an activating group) is 1. The van der Waals surface area contributed by atoms with E-state index in [9.17, 15) is 9.18 Å². The second-order valence-corrected chi connectivity index (χ2v) is 7.59. The van der Waals surface area contributed by atoms with Crippen LogP contribution >= 0.6 is 11.6 Å².